The molecule has 0 atom stereocenters. The molecule has 10 nitrogen and oxygen atoms in total. The second-order valence-corrected chi connectivity index (χ2v) is 11.7. The first-order valence-electron chi connectivity index (χ1n) is 13.7. The maximum atomic E-state index is 13.1. The molecule has 1 fully saturated rings. The molecule has 222 valence electrons. The van der Waals surface area contributed by atoms with Crippen LogP contribution in [0, 0.1) is 0 Å². The highest BCUT2D eigenvalue weighted by molar-refractivity contribution is 7.14. The lowest BCUT2D eigenvalue weighted by Crippen LogP contribution is -2.11. The number of carboxylic acids is 1. The zero-order valence-electron chi connectivity index (χ0n) is 23.5. The fraction of sp³-hybridized carbons (Fsp3) is 0.0606. The van der Waals surface area contributed by atoms with Gasteiger partial charge in [0.15, 0.2) is 16.0 Å². The predicted molar refractivity (Wildman–Crippen MR) is 176 cm³/mol. The van der Waals surface area contributed by atoms with Gasteiger partial charge in [-0.1, -0.05) is 24.3 Å². The number of ketones is 1. The van der Waals surface area contributed by atoms with E-state index in [4.69, 9.17) is 10.8 Å². The molecular formula is C33H24N6O4S2. The minimum atomic E-state index is -1.01. The SMILES string of the molecule is Nc1nc(-c2ccc(/C=C3/CC/C(=C\c4csc(NC(=O)c5ccc(N=Nc6ccc(C(=O)O)cc6)cc5)n4)C3=O)cc2)cs1. The standard InChI is InChI=1S/C33H24N6O4S2/c34-32-36-28(18-44-32)20-3-1-19(2-4-20)15-23-5-6-24(29(23)40)16-27-17-45-33(35-27)37-30(41)21-7-11-25(12-8-21)38-39-26-13-9-22(10-14-26)31(42)43/h1-4,7-18H,5-6H2,(H2,34,36)(H,42,43)(H,35,37,41)/b23-15-,24-16+,39-38?. The summed E-state index contributed by atoms with van der Waals surface area (Å²) in [7, 11) is 0. The van der Waals surface area contributed by atoms with E-state index in [2.05, 4.69) is 25.5 Å². The highest BCUT2D eigenvalue weighted by atomic mass is 32.1. The third-order valence-corrected chi connectivity index (χ3v) is 8.36. The summed E-state index contributed by atoms with van der Waals surface area (Å²) >= 11 is 2.67. The molecule has 1 amide bonds. The second kappa shape index (κ2) is 13.0. The summed E-state index contributed by atoms with van der Waals surface area (Å²) in [5.41, 5.74) is 12.1. The number of nitrogen functional groups attached to an aromatic ring is 1. The van der Waals surface area contributed by atoms with Gasteiger partial charge in [0.1, 0.15) is 0 Å². The molecule has 0 spiro atoms. The number of nitrogens with one attached hydrogen (secondary N) is 1. The monoisotopic (exact) mass is 632 g/mol. The molecular weight excluding hydrogens is 609 g/mol. The molecule has 0 saturated heterocycles. The first-order chi connectivity index (χ1) is 21.8. The van der Waals surface area contributed by atoms with Crippen molar-refractivity contribution < 1.29 is 19.5 Å². The van der Waals surface area contributed by atoms with Crippen LogP contribution in [0.3, 0.4) is 0 Å². The first-order valence-corrected chi connectivity index (χ1v) is 15.5. The molecule has 1 aliphatic rings. The number of nitrogens with two attached hydrogens (primary N) is 1. The third kappa shape index (κ3) is 7.15. The summed E-state index contributed by atoms with van der Waals surface area (Å²) in [5, 5.41) is 24.7. The van der Waals surface area contributed by atoms with Crippen molar-refractivity contribution in [1.29, 1.82) is 0 Å². The molecule has 6 rings (SSSR count). The van der Waals surface area contributed by atoms with Crippen LogP contribution >= 0.6 is 22.7 Å². The fourth-order valence-electron chi connectivity index (χ4n) is 4.57. The number of rotatable bonds is 8. The summed E-state index contributed by atoms with van der Waals surface area (Å²) in [6.45, 7) is 0. The van der Waals surface area contributed by atoms with E-state index in [-0.39, 0.29) is 17.3 Å². The van der Waals surface area contributed by atoms with E-state index in [9.17, 15) is 14.4 Å². The van der Waals surface area contributed by atoms with Crippen LogP contribution in [0.5, 0.6) is 0 Å². The minimum Gasteiger partial charge on any atom is -0.478 e. The molecule has 12 heteroatoms. The zero-order valence-corrected chi connectivity index (χ0v) is 25.1. The van der Waals surface area contributed by atoms with Gasteiger partial charge in [-0.25, -0.2) is 14.8 Å². The molecule has 0 unspecified atom stereocenters. The van der Waals surface area contributed by atoms with Gasteiger partial charge in [-0.2, -0.15) is 10.2 Å². The highest BCUT2D eigenvalue weighted by Gasteiger charge is 2.23. The van der Waals surface area contributed by atoms with E-state index < -0.39 is 5.97 Å². The Morgan fingerprint density at radius 2 is 1.42 bits per heavy atom. The smallest absolute Gasteiger partial charge is 0.335 e. The molecule has 0 radical (unpaired) electrons. The van der Waals surface area contributed by atoms with Gasteiger partial charge >= 0.3 is 5.97 Å². The molecule has 45 heavy (non-hydrogen) atoms. The van der Waals surface area contributed by atoms with Crippen molar-refractivity contribution in [1.82, 2.24) is 9.97 Å². The number of aromatic nitrogens is 2. The van der Waals surface area contributed by atoms with Crippen LogP contribution in [0.15, 0.2) is 105 Å². The van der Waals surface area contributed by atoms with Crippen LogP contribution in [0.1, 0.15) is 44.8 Å². The Kier molecular flexibility index (Phi) is 8.49. The van der Waals surface area contributed by atoms with Gasteiger partial charge in [-0.3, -0.25) is 14.9 Å². The number of carbonyl (C=O) groups is 3. The van der Waals surface area contributed by atoms with Gasteiger partial charge in [-0.15, -0.1) is 22.7 Å². The quantitative estimate of drug-likeness (QED) is 0.115. The van der Waals surface area contributed by atoms with Gasteiger partial charge in [0.2, 0.25) is 0 Å². The van der Waals surface area contributed by atoms with E-state index in [1.165, 1.54) is 34.8 Å². The van der Waals surface area contributed by atoms with Crippen LogP contribution in [-0.2, 0) is 4.79 Å². The summed E-state index contributed by atoms with van der Waals surface area (Å²) in [4.78, 5) is 45.6. The number of carboxylic acid groups (broad SMARTS) is 1. The van der Waals surface area contributed by atoms with E-state index in [1.807, 2.05) is 35.7 Å². The van der Waals surface area contributed by atoms with Crippen LogP contribution in [-0.4, -0.2) is 32.7 Å². The van der Waals surface area contributed by atoms with Gasteiger partial charge < -0.3 is 10.8 Å². The average Bonchev–Trinajstić information content (AvgIpc) is 3.78. The van der Waals surface area contributed by atoms with Crippen molar-refractivity contribution in [3.63, 3.8) is 0 Å². The molecule has 1 saturated carbocycles. The lowest BCUT2D eigenvalue weighted by Gasteiger charge is -2.02. The Balaban J connectivity index is 1.05. The molecule has 3 aromatic carbocycles. The molecule has 2 heterocycles. The number of hydrogen-bond acceptors (Lipinski definition) is 10. The summed E-state index contributed by atoms with van der Waals surface area (Å²) in [6.07, 6.45) is 4.97. The summed E-state index contributed by atoms with van der Waals surface area (Å²) in [6, 6.07) is 20.5. The Labute approximate surface area is 265 Å². The number of thiazole rings is 2. The van der Waals surface area contributed by atoms with E-state index in [0.717, 1.165) is 22.4 Å². The van der Waals surface area contributed by atoms with Crippen molar-refractivity contribution in [3.05, 3.63) is 117 Å². The number of allylic oxidation sites excluding steroid dienone is 2. The van der Waals surface area contributed by atoms with Crippen LogP contribution in [0.25, 0.3) is 23.4 Å². The van der Waals surface area contributed by atoms with E-state index in [1.54, 1.807) is 47.9 Å². The number of nitrogens with zero attached hydrogens (tertiary/aromatic N) is 4. The van der Waals surface area contributed by atoms with Crippen molar-refractivity contribution in [2.75, 3.05) is 11.1 Å². The number of hydrogen-bond donors (Lipinski definition) is 3. The lowest BCUT2D eigenvalue weighted by atomic mass is 10.1. The first kappa shape index (κ1) is 29.5. The average molecular weight is 633 g/mol. The van der Waals surface area contributed by atoms with Crippen LogP contribution in [0.4, 0.5) is 21.6 Å². The Morgan fingerprint density at radius 3 is 2.02 bits per heavy atom. The van der Waals surface area contributed by atoms with E-state index >= 15 is 0 Å². The van der Waals surface area contributed by atoms with Crippen LogP contribution in [0.2, 0.25) is 0 Å². The molecule has 2 aromatic heterocycles. The number of Topliss-reactive ketones (excluding diaryl/α,β-unsaturated/α-hetero) is 1. The van der Waals surface area contributed by atoms with Gasteiger partial charge in [0.05, 0.1) is 28.3 Å². The predicted octanol–water partition coefficient (Wildman–Crippen LogP) is 8.04. The number of carbonyl (C=O) groups excluding carboxylic acids is 2. The van der Waals surface area contributed by atoms with Gasteiger partial charge in [-0.05, 0) is 79.1 Å². The van der Waals surface area contributed by atoms with Crippen molar-refractivity contribution in [2.24, 2.45) is 10.2 Å². The molecule has 4 N–H and O–H groups in total. The number of anilines is 2. The van der Waals surface area contributed by atoms with Crippen molar-refractivity contribution in [2.45, 2.75) is 12.8 Å². The normalized spacial score (nSPS) is 14.9. The number of aromatic carboxylic acids is 1. The molecule has 1 aliphatic carbocycles. The largest absolute Gasteiger partial charge is 0.478 e. The van der Waals surface area contributed by atoms with Gasteiger partial charge in [0, 0.05) is 33.0 Å². The third-order valence-electron chi connectivity index (χ3n) is 6.91. The van der Waals surface area contributed by atoms with E-state index in [0.29, 0.717) is 51.3 Å². The maximum absolute atomic E-state index is 13.1. The molecule has 5 aromatic rings. The molecule has 0 bridgehead atoms. The zero-order chi connectivity index (χ0) is 31.3. The Bertz CT molecular complexity index is 1990. The second-order valence-electron chi connectivity index (χ2n) is 9.99. The number of amides is 1. The fourth-order valence-corrected chi connectivity index (χ4v) is 5.81. The number of benzene rings is 3. The van der Waals surface area contributed by atoms with Gasteiger partial charge in [0.25, 0.3) is 5.91 Å². The summed E-state index contributed by atoms with van der Waals surface area (Å²) < 4.78 is 0. The van der Waals surface area contributed by atoms with Crippen molar-refractivity contribution >= 4 is 74.1 Å². The molecule has 0 aliphatic heterocycles. The summed E-state index contributed by atoms with van der Waals surface area (Å²) in [5.74, 6) is -1.34. The number of azo groups is 1. The Hall–Kier alpha value is -5.59. The Morgan fingerprint density at radius 1 is 0.800 bits per heavy atom. The van der Waals surface area contributed by atoms with Crippen molar-refractivity contribution in [3.8, 4) is 11.3 Å². The minimum absolute atomic E-state index is 0.000508. The topological polar surface area (TPSA) is 160 Å². The van der Waals surface area contributed by atoms with Crippen LogP contribution < -0.4 is 11.1 Å². The maximum Gasteiger partial charge on any atom is 0.335 e. The highest BCUT2D eigenvalue weighted by Crippen LogP contribution is 2.31. The lowest BCUT2D eigenvalue weighted by molar-refractivity contribution is -0.111.